The van der Waals surface area contributed by atoms with Crippen molar-refractivity contribution in [3.05, 3.63) is 30.1 Å². The minimum absolute atomic E-state index is 0.0863. The largest absolute Gasteiger partial charge is 0.353 e. The highest BCUT2D eigenvalue weighted by molar-refractivity contribution is 5.86. The number of carbonyl (C=O) groups excluding carboxylic acids is 2. The van der Waals surface area contributed by atoms with E-state index in [0.29, 0.717) is 6.54 Å². The minimum atomic E-state index is -0.381. The maximum atomic E-state index is 11.9. The molecule has 0 spiro atoms. The lowest BCUT2D eigenvalue weighted by atomic mass is 10.1. The van der Waals surface area contributed by atoms with Gasteiger partial charge in [0.15, 0.2) is 0 Å². The highest BCUT2D eigenvalue weighted by Crippen LogP contribution is 2.08. The Labute approximate surface area is 105 Å². The number of aromatic nitrogens is 1. The maximum Gasteiger partial charge on any atom is 0.239 e. The molecule has 2 amide bonds. The fourth-order valence-corrected chi connectivity index (χ4v) is 1.77. The first-order valence-electron chi connectivity index (χ1n) is 5.88. The lowest BCUT2D eigenvalue weighted by Crippen LogP contribution is -2.58. The third-order valence-electron chi connectivity index (χ3n) is 2.82. The molecule has 2 heterocycles. The van der Waals surface area contributed by atoms with E-state index in [-0.39, 0.29) is 30.4 Å². The highest BCUT2D eigenvalue weighted by Gasteiger charge is 2.24. The average molecular weight is 248 g/mol. The summed E-state index contributed by atoms with van der Waals surface area (Å²) < 4.78 is 0. The van der Waals surface area contributed by atoms with Crippen LogP contribution in [0.25, 0.3) is 0 Å². The Morgan fingerprint density at radius 2 is 2.39 bits per heavy atom. The van der Waals surface area contributed by atoms with Crippen molar-refractivity contribution >= 4 is 11.8 Å². The molecule has 6 heteroatoms. The standard InChI is InChI=1S/C12H16N4O2/c1-8(9-4-2-3-5-13-9)16-12(18)10-6-15-11(17)7-14-10/h2-5,8,10,14H,6-7H2,1H3,(H,15,17)(H,16,18)/t8-,10?/m0/s1. The lowest BCUT2D eigenvalue weighted by Gasteiger charge is -2.24. The molecule has 6 nitrogen and oxygen atoms in total. The van der Waals surface area contributed by atoms with Crippen molar-refractivity contribution < 1.29 is 9.59 Å². The van der Waals surface area contributed by atoms with E-state index in [0.717, 1.165) is 5.69 Å². The van der Waals surface area contributed by atoms with Crippen LogP contribution in [-0.4, -0.2) is 35.9 Å². The number of nitrogens with zero attached hydrogens (tertiary/aromatic N) is 1. The summed E-state index contributed by atoms with van der Waals surface area (Å²) in [5.74, 6) is -0.218. The highest BCUT2D eigenvalue weighted by atomic mass is 16.2. The van der Waals surface area contributed by atoms with Crippen LogP contribution in [-0.2, 0) is 9.59 Å². The van der Waals surface area contributed by atoms with Crippen molar-refractivity contribution in [2.24, 2.45) is 0 Å². The van der Waals surface area contributed by atoms with Gasteiger partial charge in [0.1, 0.15) is 6.04 Å². The molecule has 0 radical (unpaired) electrons. The predicted octanol–water partition coefficient (Wildman–Crippen LogP) is -0.653. The molecule has 1 aliphatic heterocycles. The summed E-state index contributed by atoms with van der Waals surface area (Å²) in [5.41, 5.74) is 0.811. The fourth-order valence-electron chi connectivity index (χ4n) is 1.77. The molecular formula is C12H16N4O2. The molecule has 0 aliphatic carbocycles. The van der Waals surface area contributed by atoms with Gasteiger partial charge in [0.25, 0.3) is 0 Å². The summed E-state index contributed by atoms with van der Waals surface area (Å²) >= 11 is 0. The normalized spacial score (nSPS) is 20.9. The second-order valence-electron chi connectivity index (χ2n) is 4.22. The van der Waals surface area contributed by atoms with Gasteiger partial charge in [-0.25, -0.2) is 0 Å². The Hall–Kier alpha value is -1.95. The zero-order chi connectivity index (χ0) is 13.0. The van der Waals surface area contributed by atoms with Crippen LogP contribution < -0.4 is 16.0 Å². The number of rotatable bonds is 3. The Bertz CT molecular complexity index is 425. The molecule has 0 saturated carbocycles. The Morgan fingerprint density at radius 1 is 1.56 bits per heavy atom. The molecule has 1 aromatic rings. The van der Waals surface area contributed by atoms with Crippen LogP contribution >= 0.6 is 0 Å². The number of hydrogen-bond acceptors (Lipinski definition) is 4. The van der Waals surface area contributed by atoms with Crippen LogP contribution in [0.2, 0.25) is 0 Å². The summed E-state index contributed by atoms with van der Waals surface area (Å²) in [5, 5.41) is 8.39. The van der Waals surface area contributed by atoms with E-state index in [4.69, 9.17) is 0 Å². The number of nitrogens with one attached hydrogen (secondary N) is 3. The predicted molar refractivity (Wildman–Crippen MR) is 65.6 cm³/mol. The van der Waals surface area contributed by atoms with Gasteiger partial charge in [0.05, 0.1) is 18.3 Å². The van der Waals surface area contributed by atoms with Crippen molar-refractivity contribution in [1.29, 1.82) is 0 Å². The molecule has 96 valence electrons. The van der Waals surface area contributed by atoms with Gasteiger partial charge in [-0.05, 0) is 19.1 Å². The summed E-state index contributed by atoms with van der Waals surface area (Å²) in [6, 6.07) is 5.04. The smallest absolute Gasteiger partial charge is 0.239 e. The molecule has 1 aliphatic rings. The molecule has 1 saturated heterocycles. The van der Waals surface area contributed by atoms with E-state index >= 15 is 0 Å². The Morgan fingerprint density at radius 3 is 3.00 bits per heavy atom. The minimum Gasteiger partial charge on any atom is -0.353 e. The SMILES string of the molecule is C[C@H](NC(=O)C1CNC(=O)CN1)c1ccccn1. The van der Waals surface area contributed by atoms with Crippen LogP contribution in [0.15, 0.2) is 24.4 Å². The molecule has 1 aromatic heterocycles. The number of amides is 2. The van der Waals surface area contributed by atoms with Crippen molar-refractivity contribution in [1.82, 2.24) is 20.9 Å². The Balaban J connectivity index is 1.89. The molecule has 3 N–H and O–H groups in total. The van der Waals surface area contributed by atoms with Crippen molar-refractivity contribution in [2.45, 2.75) is 19.0 Å². The third-order valence-corrected chi connectivity index (χ3v) is 2.82. The van der Waals surface area contributed by atoms with Crippen LogP contribution in [0.4, 0.5) is 0 Å². The van der Waals surface area contributed by atoms with Gasteiger partial charge in [0.2, 0.25) is 11.8 Å². The zero-order valence-electron chi connectivity index (χ0n) is 10.1. The molecule has 18 heavy (non-hydrogen) atoms. The quantitative estimate of drug-likeness (QED) is 0.663. The van der Waals surface area contributed by atoms with Gasteiger partial charge in [-0.3, -0.25) is 19.9 Å². The van der Waals surface area contributed by atoms with E-state index < -0.39 is 0 Å². The molecule has 0 bridgehead atoms. The second-order valence-corrected chi connectivity index (χ2v) is 4.22. The van der Waals surface area contributed by atoms with Crippen LogP contribution in [0.5, 0.6) is 0 Å². The van der Waals surface area contributed by atoms with Gasteiger partial charge in [-0.2, -0.15) is 0 Å². The summed E-state index contributed by atoms with van der Waals surface area (Å²) in [6.07, 6.45) is 1.69. The summed E-state index contributed by atoms with van der Waals surface area (Å²) in [6.45, 7) is 2.37. The van der Waals surface area contributed by atoms with E-state index in [1.807, 2.05) is 25.1 Å². The monoisotopic (exact) mass is 248 g/mol. The first kappa shape index (κ1) is 12.5. The molecular weight excluding hydrogens is 232 g/mol. The average Bonchev–Trinajstić information content (AvgIpc) is 2.40. The number of piperazine rings is 1. The maximum absolute atomic E-state index is 11.9. The lowest BCUT2D eigenvalue weighted by molar-refractivity contribution is -0.127. The third kappa shape index (κ3) is 3.04. The van der Waals surface area contributed by atoms with Crippen molar-refractivity contribution in [3.63, 3.8) is 0 Å². The van der Waals surface area contributed by atoms with Crippen LogP contribution in [0, 0.1) is 0 Å². The topological polar surface area (TPSA) is 83.1 Å². The number of hydrogen-bond donors (Lipinski definition) is 3. The van der Waals surface area contributed by atoms with E-state index in [9.17, 15) is 9.59 Å². The Kier molecular flexibility index (Phi) is 3.88. The van der Waals surface area contributed by atoms with Gasteiger partial charge >= 0.3 is 0 Å². The molecule has 2 atom stereocenters. The first-order chi connectivity index (χ1) is 8.66. The van der Waals surface area contributed by atoms with Gasteiger partial charge < -0.3 is 10.6 Å². The van der Waals surface area contributed by atoms with Crippen molar-refractivity contribution in [3.8, 4) is 0 Å². The first-order valence-corrected chi connectivity index (χ1v) is 5.88. The zero-order valence-corrected chi connectivity index (χ0v) is 10.1. The number of carbonyl (C=O) groups is 2. The van der Waals surface area contributed by atoms with Gasteiger partial charge in [0, 0.05) is 12.7 Å². The van der Waals surface area contributed by atoms with E-state index in [1.165, 1.54) is 0 Å². The fraction of sp³-hybridized carbons (Fsp3) is 0.417. The van der Waals surface area contributed by atoms with Gasteiger partial charge in [-0.15, -0.1) is 0 Å². The van der Waals surface area contributed by atoms with E-state index in [1.54, 1.807) is 6.20 Å². The van der Waals surface area contributed by atoms with E-state index in [2.05, 4.69) is 20.9 Å². The molecule has 1 fully saturated rings. The van der Waals surface area contributed by atoms with Gasteiger partial charge in [-0.1, -0.05) is 6.07 Å². The van der Waals surface area contributed by atoms with Crippen molar-refractivity contribution in [2.75, 3.05) is 13.1 Å². The second kappa shape index (κ2) is 5.59. The molecule has 0 aromatic carbocycles. The number of pyridine rings is 1. The summed E-state index contributed by atoms with van der Waals surface area (Å²) in [7, 11) is 0. The summed E-state index contributed by atoms with van der Waals surface area (Å²) in [4.78, 5) is 27.1. The van der Waals surface area contributed by atoms with Crippen LogP contribution in [0.1, 0.15) is 18.7 Å². The molecule has 1 unspecified atom stereocenters. The molecule has 2 rings (SSSR count). The van der Waals surface area contributed by atoms with Crippen LogP contribution in [0.3, 0.4) is 0 Å².